The summed E-state index contributed by atoms with van der Waals surface area (Å²) < 4.78 is 26.9. The van der Waals surface area contributed by atoms with E-state index in [2.05, 4.69) is 15.9 Å². The number of aliphatic hydroxyl groups excluding tert-OH is 1. The molecule has 0 saturated heterocycles. The Balaban J connectivity index is 2.23. The first kappa shape index (κ1) is 14.2. The van der Waals surface area contributed by atoms with Gasteiger partial charge in [-0.3, -0.25) is 0 Å². The van der Waals surface area contributed by atoms with Crippen LogP contribution < -0.4 is 0 Å². The van der Waals surface area contributed by atoms with Gasteiger partial charge in [0, 0.05) is 10.9 Å². The summed E-state index contributed by atoms with van der Waals surface area (Å²) in [6.45, 7) is 1.90. The van der Waals surface area contributed by atoms with Crippen molar-refractivity contribution < 1.29 is 13.9 Å². The molecule has 0 heterocycles. The van der Waals surface area contributed by atoms with Crippen molar-refractivity contribution in [3.63, 3.8) is 0 Å². The topological polar surface area (TPSA) is 20.2 Å². The van der Waals surface area contributed by atoms with Crippen LogP contribution in [-0.4, -0.2) is 5.11 Å². The lowest BCUT2D eigenvalue weighted by Gasteiger charge is -2.15. The standard InChI is InChI=1S/C15H13BrF2O/c1-9-11(3-2-4-12(9)16)15(19)8-10-5-6-13(17)14(18)7-10/h2-7,15,19H,8H2,1H3. The molecule has 2 aromatic rings. The van der Waals surface area contributed by atoms with Crippen LogP contribution in [0.4, 0.5) is 8.78 Å². The van der Waals surface area contributed by atoms with E-state index < -0.39 is 17.7 Å². The van der Waals surface area contributed by atoms with Gasteiger partial charge in [0.05, 0.1) is 6.10 Å². The van der Waals surface area contributed by atoms with Crippen molar-refractivity contribution in [1.29, 1.82) is 0 Å². The van der Waals surface area contributed by atoms with Gasteiger partial charge in [-0.15, -0.1) is 0 Å². The summed E-state index contributed by atoms with van der Waals surface area (Å²) in [7, 11) is 0. The molecule has 0 aliphatic rings. The Morgan fingerprint density at radius 1 is 1.16 bits per heavy atom. The first-order valence-corrected chi connectivity index (χ1v) is 6.65. The van der Waals surface area contributed by atoms with E-state index >= 15 is 0 Å². The Morgan fingerprint density at radius 2 is 1.89 bits per heavy atom. The number of hydrogen-bond acceptors (Lipinski definition) is 1. The highest BCUT2D eigenvalue weighted by atomic mass is 79.9. The molecule has 0 saturated carbocycles. The van der Waals surface area contributed by atoms with Crippen LogP contribution in [0.25, 0.3) is 0 Å². The summed E-state index contributed by atoms with van der Waals surface area (Å²) in [4.78, 5) is 0. The van der Waals surface area contributed by atoms with Crippen molar-refractivity contribution in [2.45, 2.75) is 19.4 Å². The summed E-state index contributed by atoms with van der Waals surface area (Å²) >= 11 is 3.40. The van der Waals surface area contributed by atoms with Gasteiger partial charge in [0.15, 0.2) is 11.6 Å². The molecule has 0 aliphatic heterocycles. The second-order valence-electron chi connectivity index (χ2n) is 4.42. The Morgan fingerprint density at radius 3 is 2.58 bits per heavy atom. The van der Waals surface area contributed by atoms with E-state index in [-0.39, 0.29) is 6.42 Å². The number of rotatable bonds is 3. The predicted octanol–water partition coefficient (Wildman–Crippen LogP) is 4.31. The Bertz CT molecular complexity index is 599. The Labute approximate surface area is 119 Å². The fourth-order valence-electron chi connectivity index (χ4n) is 1.98. The lowest BCUT2D eigenvalue weighted by Crippen LogP contribution is -2.04. The van der Waals surface area contributed by atoms with E-state index in [1.54, 1.807) is 0 Å². The molecule has 1 unspecified atom stereocenters. The molecule has 1 nitrogen and oxygen atoms in total. The first-order chi connectivity index (χ1) is 8.99. The minimum atomic E-state index is -0.893. The smallest absolute Gasteiger partial charge is 0.159 e. The van der Waals surface area contributed by atoms with Crippen LogP contribution in [0.1, 0.15) is 22.8 Å². The van der Waals surface area contributed by atoms with Gasteiger partial charge in [0.1, 0.15) is 0 Å². The molecule has 0 aromatic heterocycles. The van der Waals surface area contributed by atoms with E-state index in [9.17, 15) is 13.9 Å². The molecule has 0 bridgehead atoms. The van der Waals surface area contributed by atoms with Crippen molar-refractivity contribution in [2.24, 2.45) is 0 Å². The van der Waals surface area contributed by atoms with Crippen molar-refractivity contribution in [3.05, 3.63) is 69.2 Å². The molecule has 0 aliphatic carbocycles. The second kappa shape index (κ2) is 5.80. The normalized spacial score (nSPS) is 12.5. The van der Waals surface area contributed by atoms with Gasteiger partial charge in [-0.05, 0) is 41.8 Å². The molecule has 0 amide bonds. The molecule has 4 heteroatoms. The second-order valence-corrected chi connectivity index (χ2v) is 5.28. The average Bonchev–Trinajstić information content (AvgIpc) is 2.37. The fourth-order valence-corrected chi connectivity index (χ4v) is 2.37. The number of benzene rings is 2. The largest absolute Gasteiger partial charge is 0.388 e. The van der Waals surface area contributed by atoms with Crippen LogP contribution in [0.3, 0.4) is 0 Å². The van der Waals surface area contributed by atoms with Crippen molar-refractivity contribution in [2.75, 3.05) is 0 Å². The van der Waals surface area contributed by atoms with E-state index in [4.69, 9.17) is 0 Å². The summed E-state index contributed by atoms with van der Waals surface area (Å²) in [5, 5.41) is 10.2. The summed E-state index contributed by atoms with van der Waals surface area (Å²) in [6, 6.07) is 9.22. The third-order valence-electron chi connectivity index (χ3n) is 3.08. The number of aliphatic hydroxyl groups is 1. The molecule has 0 radical (unpaired) electrons. The van der Waals surface area contributed by atoms with Gasteiger partial charge in [0.25, 0.3) is 0 Å². The minimum Gasteiger partial charge on any atom is -0.388 e. The van der Waals surface area contributed by atoms with Crippen LogP contribution in [0.5, 0.6) is 0 Å². The van der Waals surface area contributed by atoms with Crippen molar-refractivity contribution >= 4 is 15.9 Å². The van der Waals surface area contributed by atoms with Gasteiger partial charge < -0.3 is 5.11 Å². The summed E-state index contributed by atoms with van der Waals surface area (Å²) in [5.74, 6) is -1.77. The lowest BCUT2D eigenvalue weighted by atomic mass is 9.98. The first-order valence-electron chi connectivity index (χ1n) is 5.86. The zero-order valence-electron chi connectivity index (χ0n) is 10.3. The monoisotopic (exact) mass is 326 g/mol. The van der Waals surface area contributed by atoms with E-state index in [1.165, 1.54) is 6.07 Å². The third kappa shape index (κ3) is 3.19. The molecule has 0 fully saturated rings. The van der Waals surface area contributed by atoms with Gasteiger partial charge >= 0.3 is 0 Å². The zero-order chi connectivity index (χ0) is 14.0. The molecule has 1 N–H and O–H groups in total. The summed E-state index contributed by atoms with van der Waals surface area (Å²) in [6.07, 6.45) is -0.503. The fraction of sp³-hybridized carbons (Fsp3) is 0.200. The van der Waals surface area contributed by atoms with Crippen LogP contribution >= 0.6 is 15.9 Å². The maximum atomic E-state index is 13.1. The predicted molar refractivity (Wildman–Crippen MR) is 73.9 cm³/mol. The van der Waals surface area contributed by atoms with Crippen LogP contribution in [0.15, 0.2) is 40.9 Å². The molecule has 2 rings (SSSR count). The number of halogens is 3. The number of hydrogen-bond donors (Lipinski definition) is 1. The van der Waals surface area contributed by atoms with Crippen LogP contribution in [0, 0.1) is 18.6 Å². The molecule has 19 heavy (non-hydrogen) atoms. The summed E-state index contributed by atoms with van der Waals surface area (Å²) in [5.41, 5.74) is 2.28. The Kier molecular flexibility index (Phi) is 4.32. The van der Waals surface area contributed by atoms with Crippen molar-refractivity contribution in [1.82, 2.24) is 0 Å². The van der Waals surface area contributed by atoms with E-state index in [0.717, 1.165) is 27.7 Å². The minimum absolute atomic E-state index is 0.245. The molecule has 0 spiro atoms. The van der Waals surface area contributed by atoms with Gasteiger partial charge in [-0.1, -0.05) is 34.1 Å². The third-order valence-corrected chi connectivity index (χ3v) is 3.94. The van der Waals surface area contributed by atoms with Gasteiger partial charge in [-0.25, -0.2) is 8.78 Å². The highest BCUT2D eigenvalue weighted by molar-refractivity contribution is 9.10. The molecule has 2 aromatic carbocycles. The SMILES string of the molecule is Cc1c(Br)cccc1C(O)Cc1ccc(F)c(F)c1. The van der Waals surface area contributed by atoms with Crippen molar-refractivity contribution in [3.8, 4) is 0 Å². The quantitative estimate of drug-likeness (QED) is 0.891. The van der Waals surface area contributed by atoms with E-state index in [0.29, 0.717) is 5.56 Å². The maximum Gasteiger partial charge on any atom is 0.159 e. The van der Waals surface area contributed by atoms with Crippen LogP contribution in [-0.2, 0) is 6.42 Å². The molecular weight excluding hydrogens is 314 g/mol. The average molecular weight is 327 g/mol. The highest BCUT2D eigenvalue weighted by Gasteiger charge is 2.13. The molecule has 1 atom stereocenters. The molecule has 100 valence electrons. The maximum absolute atomic E-state index is 13.1. The van der Waals surface area contributed by atoms with E-state index in [1.807, 2.05) is 25.1 Å². The lowest BCUT2D eigenvalue weighted by molar-refractivity contribution is 0.177. The van der Waals surface area contributed by atoms with Gasteiger partial charge in [-0.2, -0.15) is 0 Å². The van der Waals surface area contributed by atoms with Crippen LogP contribution in [0.2, 0.25) is 0 Å². The zero-order valence-corrected chi connectivity index (χ0v) is 11.9. The highest BCUT2D eigenvalue weighted by Crippen LogP contribution is 2.27. The van der Waals surface area contributed by atoms with Gasteiger partial charge in [0.2, 0.25) is 0 Å². The molecular formula is C15H13BrF2O. The Hall–Kier alpha value is -1.26.